The fraction of sp³-hybridized carbons (Fsp3) is 0.294. The smallest absolute Gasteiger partial charge is 0.263 e. The summed E-state index contributed by atoms with van der Waals surface area (Å²) in [5, 5.41) is 2.99. The fourth-order valence-electron chi connectivity index (χ4n) is 6.33. The molecule has 1 N–H and O–H groups in total. The van der Waals surface area contributed by atoms with Crippen LogP contribution in [0.1, 0.15) is 61.6 Å². The molecule has 43 heavy (non-hydrogen) atoms. The Labute approximate surface area is 255 Å². The Morgan fingerprint density at radius 3 is 2.42 bits per heavy atom. The number of hydrogen-bond acceptors (Lipinski definition) is 6. The molecule has 0 spiro atoms. The van der Waals surface area contributed by atoms with E-state index in [1.54, 1.807) is 42.6 Å². The second kappa shape index (κ2) is 11.6. The molecular weight excluding hydrogens is 558 g/mol. The van der Waals surface area contributed by atoms with Crippen LogP contribution in [0.25, 0.3) is 10.4 Å². The van der Waals surface area contributed by atoms with Crippen LogP contribution in [-0.2, 0) is 6.42 Å². The van der Waals surface area contributed by atoms with Crippen molar-refractivity contribution in [3.05, 3.63) is 94.5 Å². The standard InChI is InChI=1S/C34H33N5O3S/c40-32(27-12-8-15-35-31(27)37-16-3-4-17-37)36-25-10-7-9-24(21-25)33(41)39-20-14-23-22-29(34(42)38-18-5-6-19-38)43-30(23)26-11-1-2-13-28(26)39/h1-2,7-13,15,21-22H,3-6,14,16-20H2,(H,36,40). The first-order valence-electron chi connectivity index (χ1n) is 15.0. The zero-order valence-electron chi connectivity index (χ0n) is 23.9. The predicted octanol–water partition coefficient (Wildman–Crippen LogP) is 6.10. The van der Waals surface area contributed by atoms with E-state index in [9.17, 15) is 14.4 Å². The van der Waals surface area contributed by atoms with Crippen molar-refractivity contribution in [2.24, 2.45) is 0 Å². The molecule has 9 heteroatoms. The van der Waals surface area contributed by atoms with Crippen LogP contribution in [0.15, 0.2) is 72.9 Å². The zero-order chi connectivity index (χ0) is 29.3. The van der Waals surface area contributed by atoms with Gasteiger partial charge in [0.2, 0.25) is 0 Å². The molecule has 8 nitrogen and oxygen atoms in total. The van der Waals surface area contributed by atoms with E-state index in [-0.39, 0.29) is 17.7 Å². The van der Waals surface area contributed by atoms with E-state index in [4.69, 9.17) is 0 Å². The van der Waals surface area contributed by atoms with Crippen molar-refractivity contribution in [3.8, 4) is 10.4 Å². The van der Waals surface area contributed by atoms with Gasteiger partial charge in [0.25, 0.3) is 17.7 Å². The number of para-hydroxylation sites is 1. The lowest BCUT2D eigenvalue weighted by Crippen LogP contribution is -2.32. The van der Waals surface area contributed by atoms with Gasteiger partial charge in [-0.15, -0.1) is 11.3 Å². The van der Waals surface area contributed by atoms with Gasteiger partial charge in [0.1, 0.15) is 5.82 Å². The molecule has 2 aromatic carbocycles. The molecule has 4 aromatic rings. The summed E-state index contributed by atoms with van der Waals surface area (Å²) in [6, 6.07) is 20.6. The number of likely N-dealkylation sites (tertiary alicyclic amines) is 1. The first-order valence-corrected chi connectivity index (χ1v) is 15.8. The van der Waals surface area contributed by atoms with Gasteiger partial charge >= 0.3 is 0 Å². The van der Waals surface area contributed by atoms with E-state index in [0.29, 0.717) is 35.6 Å². The number of carbonyl (C=O) groups excluding carboxylic acids is 3. The minimum Gasteiger partial charge on any atom is -0.356 e. The molecular formula is C34H33N5O3S. The second-order valence-corrected chi connectivity index (χ2v) is 12.3. The van der Waals surface area contributed by atoms with Gasteiger partial charge in [-0.25, -0.2) is 4.98 Å². The largest absolute Gasteiger partial charge is 0.356 e. The molecule has 2 saturated heterocycles. The molecule has 2 aromatic heterocycles. The molecule has 0 bridgehead atoms. The molecule has 7 rings (SSSR count). The first-order chi connectivity index (χ1) is 21.1. The predicted molar refractivity (Wildman–Crippen MR) is 170 cm³/mol. The van der Waals surface area contributed by atoms with Crippen molar-refractivity contribution in [1.82, 2.24) is 9.88 Å². The Hall–Kier alpha value is -4.50. The maximum atomic E-state index is 14.0. The number of carbonyl (C=O) groups is 3. The monoisotopic (exact) mass is 591 g/mol. The lowest BCUT2D eigenvalue weighted by atomic mass is 10.1. The highest BCUT2D eigenvalue weighted by Gasteiger charge is 2.29. The lowest BCUT2D eigenvalue weighted by molar-refractivity contribution is 0.0797. The maximum absolute atomic E-state index is 14.0. The van der Waals surface area contributed by atoms with Gasteiger partial charge in [-0.05, 0) is 80.1 Å². The van der Waals surface area contributed by atoms with Gasteiger partial charge in [0, 0.05) is 60.6 Å². The van der Waals surface area contributed by atoms with Crippen LogP contribution in [0, 0.1) is 0 Å². The normalized spacial score (nSPS) is 16.0. The Morgan fingerprint density at radius 1 is 0.791 bits per heavy atom. The summed E-state index contributed by atoms with van der Waals surface area (Å²) in [5.41, 5.74) is 4.46. The van der Waals surface area contributed by atoms with Gasteiger partial charge < -0.3 is 20.0 Å². The summed E-state index contributed by atoms with van der Waals surface area (Å²) in [6.07, 6.45) is 6.67. The van der Waals surface area contributed by atoms with Gasteiger partial charge in [-0.2, -0.15) is 0 Å². The second-order valence-electron chi connectivity index (χ2n) is 11.3. The van der Waals surface area contributed by atoms with E-state index in [2.05, 4.69) is 15.2 Å². The van der Waals surface area contributed by atoms with Crippen LogP contribution in [0.3, 0.4) is 0 Å². The highest BCUT2D eigenvalue weighted by Crippen LogP contribution is 2.42. The summed E-state index contributed by atoms with van der Waals surface area (Å²) >= 11 is 1.53. The maximum Gasteiger partial charge on any atom is 0.263 e. The molecule has 0 atom stereocenters. The molecule has 218 valence electrons. The number of benzene rings is 2. The molecule has 3 amide bonds. The van der Waals surface area contributed by atoms with Crippen molar-refractivity contribution >= 4 is 46.3 Å². The Kier molecular flexibility index (Phi) is 7.40. The number of hydrogen-bond donors (Lipinski definition) is 1. The van der Waals surface area contributed by atoms with E-state index in [1.807, 2.05) is 40.1 Å². The van der Waals surface area contributed by atoms with Crippen molar-refractivity contribution < 1.29 is 14.4 Å². The Bertz CT molecular complexity index is 1700. The number of thiophene rings is 1. The SMILES string of the molecule is O=C(Nc1cccc(C(=O)N2CCc3cc(C(=O)N4CCCC4)sc3-c3ccccc32)c1)c1cccnc1N1CCCC1. The van der Waals surface area contributed by atoms with E-state index >= 15 is 0 Å². The van der Waals surface area contributed by atoms with E-state index in [1.165, 1.54) is 11.3 Å². The van der Waals surface area contributed by atoms with Gasteiger partial charge in [-0.3, -0.25) is 14.4 Å². The average Bonchev–Trinajstić information content (AvgIpc) is 3.83. The molecule has 0 radical (unpaired) electrons. The molecule has 5 heterocycles. The van der Waals surface area contributed by atoms with Crippen molar-refractivity contribution in [1.29, 1.82) is 0 Å². The van der Waals surface area contributed by atoms with Crippen molar-refractivity contribution in [2.75, 3.05) is 47.8 Å². The molecule has 2 fully saturated rings. The third kappa shape index (κ3) is 5.29. The number of pyridine rings is 1. The van der Waals surface area contributed by atoms with Crippen LogP contribution in [0.2, 0.25) is 0 Å². The number of amides is 3. The molecule has 0 saturated carbocycles. The van der Waals surface area contributed by atoms with E-state index < -0.39 is 0 Å². The summed E-state index contributed by atoms with van der Waals surface area (Å²) in [5.74, 6) is 0.428. The zero-order valence-corrected chi connectivity index (χ0v) is 24.7. The van der Waals surface area contributed by atoms with Gasteiger partial charge in [0.05, 0.1) is 16.1 Å². The highest BCUT2D eigenvalue weighted by molar-refractivity contribution is 7.17. The van der Waals surface area contributed by atoms with Crippen molar-refractivity contribution in [3.63, 3.8) is 0 Å². The highest BCUT2D eigenvalue weighted by atomic mass is 32.1. The minimum atomic E-state index is -0.247. The number of rotatable bonds is 5. The molecule has 3 aliphatic heterocycles. The Balaban J connectivity index is 1.13. The summed E-state index contributed by atoms with van der Waals surface area (Å²) in [6.45, 7) is 3.91. The lowest BCUT2D eigenvalue weighted by Gasteiger charge is -2.23. The summed E-state index contributed by atoms with van der Waals surface area (Å²) in [7, 11) is 0. The van der Waals surface area contributed by atoms with Crippen LogP contribution in [0.4, 0.5) is 17.2 Å². The van der Waals surface area contributed by atoms with Gasteiger partial charge in [-0.1, -0.05) is 24.3 Å². The van der Waals surface area contributed by atoms with E-state index in [0.717, 1.165) is 78.4 Å². The summed E-state index contributed by atoms with van der Waals surface area (Å²) < 4.78 is 0. The van der Waals surface area contributed by atoms with Crippen LogP contribution >= 0.6 is 11.3 Å². The molecule has 0 unspecified atom stereocenters. The topological polar surface area (TPSA) is 85.8 Å². The van der Waals surface area contributed by atoms with Crippen LogP contribution < -0.4 is 15.1 Å². The number of nitrogens with one attached hydrogen (secondary N) is 1. The van der Waals surface area contributed by atoms with Crippen LogP contribution in [-0.4, -0.2) is 60.3 Å². The number of anilines is 3. The third-order valence-corrected chi connectivity index (χ3v) is 9.71. The first kappa shape index (κ1) is 27.3. The quantitative estimate of drug-likeness (QED) is 0.303. The molecule has 0 aliphatic carbocycles. The number of fused-ring (bicyclic) bond motifs is 3. The number of nitrogens with zero attached hydrogens (tertiary/aromatic N) is 4. The van der Waals surface area contributed by atoms with Gasteiger partial charge in [0.15, 0.2) is 0 Å². The summed E-state index contributed by atoms with van der Waals surface area (Å²) in [4.78, 5) is 52.7. The van der Waals surface area contributed by atoms with Crippen LogP contribution in [0.5, 0.6) is 0 Å². The Morgan fingerprint density at radius 2 is 1.58 bits per heavy atom. The fourth-order valence-corrected chi connectivity index (χ4v) is 7.54. The minimum absolute atomic E-state index is 0.110. The third-order valence-electron chi connectivity index (χ3n) is 8.51. The molecule has 3 aliphatic rings. The average molecular weight is 592 g/mol. The number of aromatic nitrogens is 1. The van der Waals surface area contributed by atoms with Crippen molar-refractivity contribution in [2.45, 2.75) is 32.1 Å².